The smallest absolute Gasteiger partial charge is 0.223 e. The lowest BCUT2D eigenvalue weighted by molar-refractivity contribution is 0.289. The molecule has 0 spiro atoms. The van der Waals surface area contributed by atoms with Crippen LogP contribution in [0.15, 0.2) is 4.41 Å². The molecule has 0 saturated carbocycles. The Morgan fingerprint density at radius 3 is 1.60 bits per heavy atom. The van der Waals surface area contributed by atoms with Crippen molar-refractivity contribution in [2.24, 2.45) is 4.41 Å². The number of nitrogens with zero attached hydrogens (tertiary/aromatic N) is 2. The summed E-state index contributed by atoms with van der Waals surface area (Å²) in [6.45, 7) is 6.68. The highest BCUT2D eigenvalue weighted by Crippen LogP contribution is 2.60. The summed E-state index contributed by atoms with van der Waals surface area (Å²) in [5, 5.41) is 0. The highest BCUT2D eigenvalue weighted by molar-refractivity contribution is 7.69. The molecule has 0 heterocycles. The minimum absolute atomic E-state index is 0.335. The van der Waals surface area contributed by atoms with Gasteiger partial charge in [0.2, 0.25) is 0 Å². The lowest BCUT2D eigenvalue weighted by Gasteiger charge is -2.31. The van der Waals surface area contributed by atoms with E-state index in [0.717, 1.165) is 4.67 Å². The van der Waals surface area contributed by atoms with Crippen LogP contribution in [-0.4, -0.2) is 22.9 Å². The Bertz CT molecular complexity index is 256. The first kappa shape index (κ1) is 16.1. The molecule has 0 atom stereocenters. The molecule has 0 aromatic rings. The highest BCUT2D eigenvalue weighted by atomic mass is 35.8. The van der Waals surface area contributed by atoms with Crippen LogP contribution in [0.4, 0.5) is 8.39 Å². The normalized spacial score (nSPS) is 14.1. The van der Waals surface area contributed by atoms with Crippen LogP contribution in [0, 0.1) is 0 Å². The lowest BCUT2D eigenvalue weighted by Crippen LogP contribution is -2.32. The van der Waals surface area contributed by atoms with Crippen LogP contribution in [-0.2, 0) is 0 Å². The molecular formula is C6H14Cl3F2N2PSi. The first-order chi connectivity index (χ1) is 6.47. The third-order valence-electron chi connectivity index (χ3n) is 1.57. The zero-order chi connectivity index (χ0) is 12.4. The van der Waals surface area contributed by atoms with E-state index >= 15 is 0 Å². The van der Waals surface area contributed by atoms with E-state index in [4.69, 9.17) is 33.2 Å². The standard InChI is InChI=1S/C6H14Cl3F2N2PSi/c1-5(2)13(6(3)4)14(10,11)12-15(7,8)9/h5-6H,1-4H3. The van der Waals surface area contributed by atoms with Gasteiger partial charge in [0.1, 0.15) is 0 Å². The summed E-state index contributed by atoms with van der Waals surface area (Å²) in [5.41, 5.74) is 0. The van der Waals surface area contributed by atoms with Crippen LogP contribution in [0.5, 0.6) is 0 Å². The van der Waals surface area contributed by atoms with Crippen LogP contribution < -0.4 is 0 Å². The van der Waals surface area contributed by atoms with Gasteiger partial charge in [0, 0.05) is 12.1 Å². The predicted octanol–water partition coefficient (Wildman–Crippen LogP) is 5.14. The van der Waals surface area contributed by atoms with Gasteiger partial charge in [0.15, 0.2) is 0 Å². The van der Waals surface area contributed by atoms with Crippen molar-refractivity contribution in [3.63, 3.8) is 0 Å². The summed E-state index contributed by atoms with van der Waals surface area (Å²) in [6, 6.07) is -0.670. The molecule has 92 valence electrons. The van der Waals surface area contributed by atoms with E-state index in [2.05, 4.69) is 4.41 Å². The molecular weight excluding hydrogens is 303 g/mol. The number of hydrogen-bond donors (Lipinski definition) is 0. The van der Waals surface area contributed by atoms with Gasteiger partial charge in [0.05, 0.1) is 0 Å². The third kappa shape index (κ3) is 5.85. The fraction of sp³-hybridized carbons (Fsp3) is 1.00. The molecule has 0 unspecified atom stereocenters. The van der Waals surface area contributed by atoms with Crippen LogP contribution in [0.1, 0.15) is 27.7 Å². The topological polar surface area (TPSA) is 15.6 Å². The maximum Gasteiger partial charge on any atom is 0.476 e. The summed E-state index contributed by atoms with van der Waals surface area (Å²) < 4.78 is 31.6. The van der Waals surface area contributed by atoms with Gasteiger partial charge in [-0.2, -0.15) is 8.39 Å². The number of hydrogen-bond acceptors (Lipinski definition) is 1. The van der Waals surface area contributed by atoms with E-state index in [9.17, 15) is 8.39 Å². The molecule has 2 nitrogen and oxygen atoms in total. The van der Waals surface area contributed by atoms with Crippen LogP contribution in [0.3, 0.4) is 0 Å². The van der Waals surface area contributed by atoms with Crippen molar-refractivity contribution in [1.82, 2.24) is 4.67 Å². The number of halogens is 5. The van der Waals surface area contributed by atoms with Gasteiger partial charge >= 0.3 is 14.0 Å². The summed E-state index contributed by atoms with van der Waals surface area (Å²) in [4.78, 5) is 0. The van der Waals surface area contributed by atoms with Crippen molar-refractivity contribution in [3.05, 3.63) is 0 Å². The minimum atomic E-state index is -4.66. The molecule has 0 aliphatic rings. The van der Waals surface area contributed by atoms with Crippen molar-refractivity contribution < 1.29 is 8.39 Å². The van der Waals surface area contributed by atoms with Gasteiger partial charge in [-0.3, -0.25) is 0 Å². The molecule has 0 aliphatic heterocycles. The summed E-state index contributed by atoms with van der Waals surface area (Å²) in [6.07, 6.45) is -3.65. The van der Waals surface area contributed by atoms with Crippen molar-refractivity contribution >= 4 is 47.2 Å². The Balaban J connectivity index is 5.22. The summed E-state index contributed by atoms with van der Waals surface area (Å²) >= 11 is 16.2. The fourth-order valence-corrected chi connectivity index (χ4v) is 6.41. The summed E-state index contributed by atoms with van der Waals surface area (Å²) in [5.74, 6) is 0. The van der Waals surface area contributed by atoms with E-state index in [1.54, 1.807) is 27.7 Å². The molecule has 15 heavy (non-hydrogen) atoms. The van der Waals surface area contributed by atoms with Gasteiger partial charge in [0.25, 0.3) is 0 Å². The van der Waals surface area contributed by atoms with E-state index < -0.39 is 14.0 Å². The molecule has 0 saturated heterocycles. The highest BCUT2D eigenvalue weighted by Gasteiger charge is 2.38. The van der Waals surface area contributed by atoms with Gasteiger partial charge in [-0.05, 0) is 27.7 Å². The molecule has 0 N–H and O–H groups in total. The molecule has 0 aliphatic carbocycles. The van der Waals surface area contributed by atoms with Gasteiger partial charge in [-0.15, -0.1) is 33.2 Å². The Morgan fingerprint density at radius 1 is 1.07 bits per heavy atom. The molecule has 0 amide bonds. The maximum atomic E-state index is 13.7. The second-order valence-corrected chi connectivity index (χ2v) is 13.4. The molecule has 9 heteroatoms. The van der Waals surface area contributed by atoms with Crippen molar-refractivity contribution in [3.8, 4) is 0 Å². The molecule has 0 radical (unpaired) electrons. The van der Waals surface area contributed by atoms with E-state index in [0.29, 0.717) is 0 Å². The average Bonchev–Trinajstić information content (AvgIpc) is 1.74. The van der Waals surface area contributed by atoms with Gasteiger partial charge < -0.3 is 0 Å². The van der Waals surface area contributed by atoms with Crippen LogP contribution in [0.2, 0.25) is 0 Å². The largest absolute Gasteiger partial charge is 0.476 e. The molecule has 0 rings (SSSR count). The fourth-order valence-electron chi connectivity index (χ4n) is 1.34. The monoisotopic (exact) mass is 316 g/mol. The SMILES string of the molecule is CC(C)N(C(C)C)P(F)(F)=N[Si](Cl)(Cl)Cl. The Labute approximate surface area is 104 Å². The second-order valence-electron chi connectivity index (χ2n) is 3.59. The van der Waals surface area contributed by atoms with Crippen LogP contribution in [0.25, 0.3) is 0 Å². The third-order valence-corrected chi connectivity index (χ3v) is 6.96. The number of rotatable bonds is 4. The first-order valence-electron chi connectivity index (χ1n) is 4.35. The van der Waals surface area contributed by atoms with Crippen LogP contribution >= 0.6 is 41.1 Å². The Hall–Kier alpha value is 1.14. The average molecular weight is 318 g/mol. The Kier molecular flexibility index (Phi) is 6.08. The minimum Gasteiger partial charge on any atom is -0.223 e. The van der Waals surface area contributed by atoms with Crippen molar-refractivity contribution in [1.29, 1.82) is 0 Å². The Morgan fingerprint density at radius 2 is 1.40 bits per heavy atom. The lowest BCUT2D eigenvalue weighted by atomic mass is 10.3. The van der Waals surface area contributed by atoms with E-state index in [-0.39, 0.29) is 12.1 Å². The second kappa shape index (κ2) is 5.65. The molecule has 0 fully saturated rings. The summed E-state index contributed by atoms with van der Waals surface area (Å²) in [7, 11) is -4.66. The van der Waals surface area contributed by atoms with E-state index in [1.165, 1.54) is 0 Å². The van der Waals surface area contributed by atoms with Gasteiger partial charge in [-0.1, -0.05) is 0 Å². The maximum absolute atomic E-state index is 13.7. The zero-order valence-electron chi connectivity index (χ0n) is 8.89. The van der Waals surface area contributed by atoms with E-state index in [1.807, 2.05) is 0 Å². The first-order valence-corrected chi connectivity index (χ1v) is 10.8. The van der Waals surface area contributed by atoms with Crippen molar-refractivity contribution in [2.45, 2.75) is 39.8 Å². The predicted molar refractivity (Wildman–Crippen MR) is 67.0 cm³/mol. The zero-order valence-corrected chi connectivity index (χ0v) is 13.0. The van der Waals surface area contributed by atoms with Crippen molar-refractivity contribution in [2.75, 3.05) is 0 Å². The quantitative estimate of drug-likeness (QED) is 0.398. The molecule has 0 aromatic carbocycles. The van der Waals surface area contributed by atoms with Gasteiger partial charge in [-0.25, -0.2) is 9.08 Å². The molecule has 0 bridgehead atoms. The molecule has 0 aromatic heterocycles.